The number of nitrogens with zero attached hydrogens (tertiary/aromatic N) is 1. The molecule has 1 aliphatic heterocycles. The lowest BCUT2D eigenvalue weighted by Gasteiger charge is -2.12. The number of benzene rings is 1. The molecule has 0 saturated heterocycles. The van der Waals surface area contributed by atoms with Crippen molar-refractivity contribution in [1.82, 2.24) is 9.88 Å². The summed E-state index contributed by atoms with van der Waals surface area (Å²) >= 11 is 0. The Morgan fingerprint density at radius 2 is 2.21 bits per heavy atom. The van der Waals surface area contributed by atoms with Gasteiger partial charge in [0, 0.05) is 31.6 Å². The maximum Gasteiger partial charge on any atom is 0.244 e. The first-order chi connectivity index (χ1) is 11.6. The van der Waals surface area contributed by atoms with Crippen LogP contribution in [0.4, 0.5) is 0 Å². The maximum absolute atomic E-state index is 11.8. The lowest BCUT2D eigenvalue weighted by Crippen LogP contribution is -2.23. The molecule has 24 heavy (non-hydrogen) atoms. The molecule has 1 aliphatic rings. The van der Waals surface area contributed by atoms with Crippen LogP contribution in [0.3, 0.4) is 0 Å². The van der Waals surface area contributed by atoms with Crippen molar-refractivity contribution < 1.29 is 19.4 Å². The molecule has 2 heterocycles. The number of ether oxygens (including phenoxy) is 2. The van der Waals surface area contributed by atoms with Crippen molar-refractivity contribution in [2.75, 3.05) is 13.3 Å². The lowest BCUT2D eigenvalue weighted by atomic mass is 10.2. The zero-order valence-electron chi connectivity index (χ0n) is 13.4. The van der Waals surface area contributed by atoms with Crippen molar-refractivity contribution in [2.45, 2.75) is 12.5 Å². The molecule has 1 aromatic heterocycles. The Bertz CT molecular complexity index is 751. The Morgan fingerprint density at radius 1 is 1.38 bits per heavy atom. The van der Waals surface area contributed by atoms with Crippen LogP contribution in [-0.2, 0) is 11.8 Å². The van der Waals surface area contributed by atoms with E-state index >= 15 is 0 Å². The first-order valence-corrected chi connectivity index (χ1v) is 7.78. The normalized spacial score (nSPS) is 14.1. The molecule has 0 fully saturated rings. The molecule has 0 aliphatic carbocycles. The van der Waals surface area contributed by atoms with E-state index in [1.165, 1.54) is 6.08 Å². The van der Waals surface area contributed by atoms with E-state index in [1.54, 1.807) is 6.08 Å². The summed E-state index contributed by atoms with van der Waals surface area (Å²) in [5.74, 6) is 1.20. The number of amides is 1. The lowest BCUT2D eigenvalue weighted by molar-refractivity contribution is -0.116. The minimum Gasteiger partial charge on any atom is -0.454 e. The van der Waals surface area contributed by atoms with Crippen LogP contribution in [0, 0.1) is 0 Å². The molecule has 3 rings (SSSR count). The maximum atomic E-state index is 11.8. The molecular weight excluding hydrogens is 308 g/mol. The van der Waals surface area contributed by atoms with Crippen molar-refractivity contribution in [1.29, 1.82) is 0 Å². The Labute approximate surface area is 140 Å². The van der Waals surface area contributed by atoms with E-state index in [9.17, 15) is 9.90 Å². The highest BCUT2D eigenvalue weighted by molar-refractivity contribution is 5.91. The van der Waals surface area contributed by atoms with Crippen LogP contribution in [0.1, 0.15) is 23.8 Å². The average Bonchev–Trinajstić information content (AvgIpc) is 3.20. The molecule has 0 bridgehead atoms. The van der Waals surface area contributed by atoms with Crippen LogP contribution < -0.4 is 14.8 Å². The van der Waals surface area contributed by atoms with Gasteiger partial charge in [-0.2, -0.15) is 0 Å². The molecule has 0 spiro atoms. The molecule has 126 valence electrons. The predicted octanol–water partition coefficient (Wildman–Crippen LogP) is 2.01. The second kappa shape index (κ2) is 7.23. The molecule has 2 N–H and O–H groups in total. The van der Waals surface area contributed by atoms with Gasteiger partial charge in [-0.1, -0.05) is 6.07 Å². The van der Waals surface area contributed by atoms with Gasteiger partial charge in [-0.05, 0) is 42.3 Å². The van der Waals surface area contributed by atoms with E-state index in [1.807, 2.05) is 48.1 Å². The van der Waals surface area contributed by atoms with Crippen LogP contribution in [0.15, 0.2) is 42.6 Å². The Balaban J connectivity index is 1.46. The van der Waals surface area contributed by atoms with E-state index in [0.29, 0.717) is 24.5 Å². The van der Waals surface area contributed by atoms with E-state index < -0.39 is 6.10 Å². The summed E-state index contributed by atoms with van der Waals surface area (Å²) in [5, 5.41) is 12.9. The van der Waals surface area contributed by atoms with Gasteiger partial charge in [0.25, 0.3) is 0 Å². The standard InChI is InChI=1S/C18H20N2O4/c1-20-10-2-3-14(20)15(21)8-9-19-18(22)7-5-13-4-6-16-17(11-13)24-12-23-16/h2-7,10-11,15,21H,8-9,12H2,1H3,(H,19,22). The number of aliphatic hydroxyl groups excluding tert-OH is 1. The third-order valence-corrected chi connectivity index (χ3v) is 3.87. The molecule has 1 unspecified atom stereocenters. The zero-order valence-corrected chi connectivity index (χ0v) is 13.4. The fourth-order valence-electron chi connectivity index (χ4n) is 2.55. The van der Waals surface area contributed by atoms with Gasteiger partial charge < -0.3 is 24.5 Å². The first kappa shape index (κ1) is 16.1. The van der Waals surface area contributed by atoms with Crippen molar-refractivity contribution >= 4 is 12.0 Å². The van der Waals surface area contributed by atoms with Crippen molar-refractivity contribution in [3.05, 3.63) is 53.9 Å². The third kappa shape index (κ3) is 3.78. The Kier molecular flexibility index (Phi) is 4.86. The van der Waals surface area contributed by atoms with Crippen molar-refractivity contribution in [3.63, 3.8) is 0 Å². The number of rotatable bonds is 6. The summed E-state index contributed by atoms with van der Waals surface area (Å²) in [6.45, 7) is 0.628. The molecule has 6 nitrogen and oxygen atoms in total. The SMILES string of the molecule is Cn1cccc1C(O)CCNC(=O)C=Cc1ccc2c(c1)OCO2. The number of nitrogens with one attached hydrogen (secondary N) is 1. The zero-order chi connectivity index (χ0) is 16.9. The quantitative estimate of drug-likeness (QED) is 0.796. The van der Waals surface area contributed by atoms with Gasteiger partial charge in [-0.15, -0.1) is 0 Å². The van der Waals surface area contributed by atoms with E-state index in [0.717, 1.165) is 11.3 Å². The monoisotopic (exact) mass is 328 g/mol. The van der Waals surface area contributed by atoms with Crippen LogP contribution in [0.5, 0.6) is 11.5 Å². The van der Waals surface area contributed by atoms with Crippen LogP contribution >= 0.6 is 0 Å². The van der Waals surface area contributed by atoms with Gasteiger partial charge in [0.2, 0.25) is 12.7 Å². The summed E-state index contributed by atoms with van der Waals surface area (Å²) in [7, 11) is 1.88. The fourth-order valence-corrected chi connectivity index (χ4v) is 2.55. The molecular formula is C18H20N2O4. The van der Waals surface area contributed by atoms with Gasteiger partial charge >= 0.3 is 0 Å². The molecule has 1 amide bonds. The molecule has 6 heteroatoms. The largest absolute Gasteiger partial charge is 0.454 e. The number of aryl methyl sites for hydroxylation is 1. The summed E-state index contributed by atoms with van der Waals surface area (Å²) in [4.78, 5) is 11.8. The molecule has 1 aromatic carbocycles. The van der Waals surface area contributed by atoms with Gasteiger partial charge in [0.05, 0.1) is 6.10 Å². The van der Waals surface area contributed by atoms with Gasteiger partial charge in [-0.25, -0.2) is 0 Å². The number of carbonyl (C=O) groups excluding carboxylic acids is 1. The Morgan fingerprint density at radius 3 is 3.00 bits per heavy atom. The van der Waals surface area contributed by atoms with Crippen LogP contribution in [-0.4, -0.2) is 28.9 Å². The highest BCUT2D eigenvalue weighted by Crippen LogP contribution is 2.32. The number of hydrogen-bond acceptors (Lipinski definition) is 4. The van der Waals surface area contributed by atoms with E-state index in [-0.39, 0.29) is 12.7 Å². The number of hydrogen-bond donors (Lipinski definition) is 2. The van der Waals surface area contributed by atoms with Crippen molar-refractivity contribution in [2.24, 2.45) is 7.05 Å². The first-order valence-electron chi connectivity index (χ1n) is 7.78. The van der Waals surface area contributed by atoms with E-state index in [4.69, 9.17) is 9.47 Å². The summed E-state index contributed by atoms with van der Waals surface area (Å²) in [5.41, 5.74) is 1.69. The number of carbonyl (C=O) groups is 1. The highest BCUT2D eigenvalue weighted by Gasteiger charge is 2.12. The minimum absolute atomic E-state index is 0.202. The Hall–Kier alpha value is -2.73. The molecule has 0 radical (unpaired) electrons. The summed E-state index contributed by atoms with van der Waals surface area (Å²) in [6.07, 6.45) is 4.92. The molecule has 2 aromatic rings. The minimum atomic E-state index is -0.594. The van der Waals surface area contributed by atoms with Gasteiger partial charge in [-0.3, -0.25) is 4.79 Å². The van der Waals surface area contributed by atoms with Gasteiger partial charge in [0.15, 0.2) is 11.5 Å². The third-order valence-electron chi connectivity index (χ3n) is 3.87. The summed E-state index contributed by atoms with van der Waals surface area (Å²) in [6, 6.07) is 9.25. The van der Waals surface area contributed by atoms with E-state index in [2.05, 4.69) is 5.32 Å². The smallest absolute Gasteiger partial charge is 0.244 e. The number of aliphatic hydroxyl groups is 1. The molecule has 1 atom stereocenters. The predicted molar refractivity (Wildman–Crippen MR) is 89.6 cm³/mol. The summed E-state index contributed by atoms with van der Waals surface area (Å²) < 4.78 is 12.4. The van der Waals surface area contributed by atoms with Crippen LogP contribution in [0.2, 0.25) is 0 Å². The van der Waals surface area contributed by atoms with Crippen LogP contribution in [0.25, 0.3) is 6.08 Å². The second-order valence-electron chi connectivity index (χ2n) is 5.59. The average molecular weight is 328 g/mol. The fraction of sp³-hybridized carbons (Fsp3) is 0.278. The number of fused-ring (bicyclic) bond motifs is 1. The topological polar surface area (TPSA) is 72.7 Å². The van der Waals surface area contributed by atoms with Crippen molar-refractivity contribution in [3.8, 4) is 11.5 Å². The molecule has 0 saturated carbocycles. The number of aromatic nitrogens is 1. The second-order valence-corrected chi connectivity index (χ2v) is 5.59. The highest BCUT2D eigenvalue weighted by atomic mass is 16.7. The van der Waals surface area contributed by atoms with Gasteiger partial charge in [0.1, 0.15) is 0 Å².